The van der Waals surface area contributed by atoms with Crippen LogP contribution in [0.3, 0.4) is 0 Å². The highest BCUT2D eigenvalue weighted by Crippen LogP contribution is 2.22. The molecule has 9 nitrogen and oxygen atoms in total. The standard InChI is InChI=1S/C17H22N4O5S2/c18-28(25,26)14-3-1-13(2-4-14)19-16(23)12-5-7-20(8-6-12)15(22)11-21-9-10-27-17(21)24/h1-4,12H,5-11H2,(H,19,23)(H2,18,25,26). The van der Waals surface area contributed by atoms with Crippen LogP contribution in [0.5, 0.6) is 0 Å². The highest BCUT2D eigenvalue weighted by atomic mass is 32.2. The van der Waals surface area contributed by atoms with Crippen molar-refractivity contribution in [3.05, 3.63) is 24.3 Å². The highest BCUT2D eigenvalue weighted by molar-refractivity contribution is 8.13. The zero-order valence-electron chi connectivity index (χ0n) is 15.2. The smallest absolute Gasteiger partial charge is 0.282 e. The maximum atomic E-state index is 12.4. The molecular weight excluding hydrogens is 404 g/mol. The fourth-order valence-corrected chi connectivity index (χ4v) is 4.54. The van der Waals surface area contributed by atoms with E-state index in [1.807, 2.05) is 0 Å². The van der Waals surface area contributed by atoms with Crippen LogP contribution < -0.4 is 10.5 Å². The molecule has 3 rings (SSSR count). The van der Waals surface area contributed by atoms with Gasteiger partial charge in [0, 0.05) is 37.0 Å². The normalized spacial score (nSPS) is 18.4. The maximum Gasteiger partial charge on any atom is 0.282 e. The lowest BCUT2D eigenvalue weighted by Crippen LogP contribution is -2.45. The van der Waals surface area contributed by atoms with Crippen molar-refractivity contribution in [1.29, 1.82) is 0 Å². The van der Waals surface area contributed by atoms with Crippen molar-refractivity contribution in [2.45, 2.75) is 17.7 Å². The van der Waals surface area contributed by atoms with Gasteiger partial charge in [0.15, 0.2) is 0 Å². The van der Waals surface area contributed by atoms with Gasteiger partial charge in [-0.3, -0.25) is 14.4 Å². The number of rotatable bonds is 5. The first-order valence-electron chi connectivity index (χ1n) is 8.87. The second-order valence-corrected chi connectivity index (χ2v) is 9.36. The Morgan fingerprint density at radius 1 is 1.14 bits per heavy atom. The summed E-state index contributed by atoms with van der Waals surface area (Å²) in [5, 5.41) is 7.76. The van der Waals surface area contributed by atoms with E-state index >= 15 is 0 Å². The first-order chi connectivity index (χ1) is 13.2. The molecule has 2 saturated heterocycles. The summed E-state index contributed by atoms with van der Waals surface area (Å²) < 4.78 is 22.5. The Hall–Kier alpha value is -2.11. The number of primary sulfonamides is 1. The summed E-state index contributed by atoms with van der Waals surface area (Å²) >= 11 is 1.22. The predicted molar refractivity (Wildman–Crippen MR) is 105 cm³/mol. The zero-order valence-corrected chi connectivity index (χ0v) is 16.8. The second-order valence-electron chi connectivity index (χ2n) is 6.75. The van der Waals surface area contributed by atoms with E-state index in [1.165, 1.54) is 36.0 Å². The van der Waals surface area contributed by atoms with Gasteiger partial charge in [-0.25, -0.2) is 13.6 Å². The number of piperidine rings is 1. The van der Waals surface area contributed by atoms with Crippen LogP contribution in [0.15, 0.2) is 29.2 Å². The molecular formula is C17H22N4O5S2. The van der Waals surface area contributed by atoms with Crippen LogP contribution in [0.25, 0.3) is 0 Å². The fraction of sp³-hybridized carbons (Fsp3) is 0.471. The lowest BCUT2D eigenvalue weighted by Gasteiger charge is -2.32. The van der Waals surface area contributed by atoms with Crippen molar-refractivity contribution in [1.82, 2.24) is 9.80 Å². The van der Waals surface area contributed by atoms with Gasteiger partial charge in [0.1, 0.15) is 6.54 Å². The van der Waals surface area contributed by atoms with Crippen molar-refractivity contribution in [3.63, 3.8) is 0 Å². The minimum Gasteiger partial charge on any atom is -0.341 e. The van der Waals surface area contributed by atoms with E-state index < -0.39 is 10.0 Å². The summed E-state index contributed by atoms with van der Waals surface area (Å²) in [4.78, 5) is 39.6. The predicted octanol–water partition coefficient (Wildman–Crippen LogP) is 0.680. The topological polar surface area (TPSA) is 130 Å². The van der Waals surface area contributed by atoms with Crippen molar-refractivity contribution < 1.29 is 22.8 Å². The summed E-state index contributed by atoms with van der Waals surface area (Å²) in [5.74, 6) is 0.229. The van der Waals surface area contributed by atoms with Gasteiger partial charge in [0.25, 0.3) is 5.24 Å². The van der Waals surface area contributed by atoms with Crippen LogP contribution in [-0.4, -0.2) is 67.2 Å². The van der Waals surface area contributed by atoms with Crippen LogP contribution >= 0.6 is 11.8 Å². The molecule has 28 heavy (non-hydrogen) atoms. The number of amides is 3. The third-order valence-corrected chi connectivity index (χ3v) is 6.66. The van der Waals surface area contributed by atoms with Crippen LogP contribution in [0.2, 0.25) is 0 Å². The molecule has 0 aromatic heterocycles. The van der Waals surface area contributed by atoms with Gasteiger partial charge in [-0.2, -0.15) is 0 Å². The summed E-state index contributed by atoms with van der Waals surface area (Å²) in [6, 6.07) is 5.65. The number of hydrogen-bond acceptors (Lipinski definition) is 6. The molecule has 3 amide bonds. The molecule has 2 aliphatic heterocycles. The maximum absolute atomic E-state index is 12.4. The molecule has 0 unspecified atom stereocenters. The molecule has 0 spiro atoms. The molecule has 0 saturated carbocycles. The van der Waals surface area contributed by atoms with Crippen LogP contribution in [0.1, 0.15) is 12.8 Å². The van der Waals surface area contributed by atoms with Crippen LogP contribution in [0.4, 0.5) is 10.5 Å². The summed E-state index contributed by atoms with van der Waals surface area (Å²) in [7, 11) is -3.77. The summed E-state index contributed by atoms with van der Waals surface area (Å²) in [6.07, 6.45) is 1.07. The molecule has 0 bridgehead atoms. The molecule has 0 atom stereocenters. The Balaban J connectivity index is 1.48. The Labute approximate surface area is 167 Å². The van der Waals surface area contributed by atoms with Crippen molar-refractivity contribution >= 4 is 44.5 Å². The van der Waals surface area contributed by atoms with Gasteiger partial charge < -0.3 is 15.1 Å². The molecule has 3 N–H and O–H groups in total. The Morgan fingerprint density at radius 3 is 2.32 bits per heavy atom. The first-order valence-corrected chi connectivity index (χ1v) is 11.4. The van der Waals surface area contributed by atoms with E-state index in [-0.39, 0.29) is 34.4 Å². The second kappa shape index (κ2) is 8.50. The monoisotopic (exact) mass is 426 g/mol. The summed E-state index contributed by atoms with van der Waals surface area (Å²) in [6.45, 7) is 1.63. The van der Waals surface area contributed by atoms with Gasteiger partial charge in [-0.1, -0.05) is 11.8 Å². The third-order valence-electron chi connectivity index (χ3n) is 4.84. The average molecular weight is 427 g/mol. The molecule has 2 aliphatic rings. The SMILES string of the molecule is NS(=O)(=O)c1ccc(NC(=O)C2CCN(C(=O)CN3CCSC3=O)CC2)cc1. The number of benzene rings is 1. The molecule has 1 aromatic carbocycles. The molecule has 0 radical (unpaired) electrons. The van der Waals surface area contributed by atoms with Crippen molar-refractivity contribution in [2.24, 2.45) is 11.1 Å². The largest absolute Gasteiger partial charge is 0.341 e. The Kier molecular flexibility index (Phi) is 6.26. The van der Waals surface area contributed by atoms with Gasteiger partial charge in [-0.15, -0.1) is 0 Å². The molecule has 1 aromatic rings. The lowest BCUT2D eigenvalue weighted by molar-refractivity contribution is -0.134. The number of sulfonamides is 1. The zero-order chi connectivity index (χ0) is 20.3. The highest BCUT2D eigenvalue weighted by Gasteiger charge is 2.30. The van der Waals surface area contributed by atoms with Crippen LogP contribution in [0, 0.1) is 5.92 Å². The van der Waals surface area contributed by atoms with E-state index in [0.29, 0.717) is 43.9 Å². The number of hydrogen-bond donors (Lipinski definition) is 2. The van der Waals surface area contributed by atoms with Gasteiger partial charge in [-0.05, 0) is 37.1 Å². The Bertz CT molecular complexity index is 864. The molecule has 2 fully saturated rings. The van der Waals surface area contributed by atoms with E-state index in [1.54, 1.807) is 9.80 Å². The van der Waals surface area contributed by atoms with Crippen LogP contribution in [-0.2, 0) is 19.6 Å². The Morgan fingerprint density at radius 2 is 1.79 bits per heavy atom. The minimum atomic E-state index is -3.77. The van der Waals surface area contributed by atoms with E-state index in [0.717, 1.165) is 0 Å². The number of nitrogens with zero attached hydrogens (tertiary/aromatic N) is 2. The lowest BCUT2D eigenvalue weighted by atomic mass is 9.95. The quantitative estimate of drug-likeness (QED) is 0.712. The third kappa shape index (κ3) is 5.03. The molecule has 11 heteroatoms. The van der Waals surface area contributed by atoms with Gasteiger partial charge in [0.2, 0.25) is 21.8 Å². The summed E-state index contributed by atoms with van der Waals surface area (Å²) in [5.41, 5.74) is 0.487. The molecule has 2 heterocycles. The molecule has 152 valence electrons. The first kappa shape index (κ1) is 20.6. The number of anilines is 1. The fourth-order valence-electron chi connectivity index (χ4n) is 3.20. The number of likely N-dealkylation sites (tertiary alicyclic amines) is 1. The number of carbonyl (C=O) groups is 3. The van der Waals surface area contributed by atoms with Crippen molar-refractivity contribution in [2.75, 3.05) is 37.2 Å². The van der Waals surface area contributed by atoms with E-state index in [4.69, 9.17) is 5.14 Å². The number of carbonyl (C=O) groups excluding carboxylic acids is 3. The molecule has 0 aliphatic carbocycles. The minimum absolute atomic E-state index is 0.0211. The van der Waals surface area contributed by atoms with Crippen molar-refractivity contribution in [3.8, 4) is 0 Å². The number of thioether (sulfide) groups is 1. The number of nitrogens with one attached hydrogen (secondary N) is 1. The van der Waals surface area contributed by atoms with E-state index in [2.05, 4.69) is 5.32 Å². The number of nitrogens with two attached hydrogens (primary N) is 1. The van der Waals surface area contributed by atoms with Gasteiger partial charge >= 0.3 is 0 Å². The van der Waals surface area contributed by atoms with E-state index in [9.17, 15) is 22.8 Å². The van der Waals surface area contributed by atoms with Gasteiger partial charge in [0.05, 0.1) is 4.90 Å². The average Bonchev–Trinajstić information content (AvgIpc) is 3.06.